The van der Waals surface area contributed by atoms with Crippen molar-refractivity contribution in [3.05, 3.63) is 18.2 Å². The first-order valence-electron chi connectivity index (χ1n) is 15.4. The third-order valence-electron chi connectivity index (χ3n) is 7.35. The summed E-state index contributed by atoms with van der Waals surface area (Å²) in [6.45, 7) is 9.33. The maximum absolute atomic E-state index is 2.56. The monoisotopic (exact) mass is 461 g/mol. The molecule has 1 aromatic heterocycles. The van der Waals surface area contributed by atoms with Crippen LogP contribution in [0.3, 0.4) is 0 Å². The molecule has 0 unspecified atom stereocenters. The van der Waals surface area contributed by atoms with E-state index in [1.165, 1.54) is 161 Å². The minimum Gasteiger partial charge on any atom is -0.234 e. The first kappa shape index (κ1) is 30.2. The predicted octanol–water partition coefficient (Wildman–Crippen LogP) is 9.96. The van der Waals surface area contributed by atoms with E-state index in [1.54, 1.807) is 5.82 Å². The van der Waals surface area contributed by atoms with Crippen molar-refractivity contribution in [1.29, 1.82) is 0 Å². The molecule has 0 fully saturated rings. The minimum atomic E-state index is 1.21. The van der Waals surface area contributed by atoms with Crippen molar-refractivity contribution in [3.8, 4) is 0 Å². The summed E-state index contributed by atoms with van der Waals surface area (Å²) in [6, 6.07) is 0. The molecule has 1 aromatic rings. The van der Waals surface area contributed by atoms with Crippen LogP contribution in [-0.2, 0) is 19.5 Å². The highest BCUT2D eigenvalue weighted by Crippen LogP contribution is 2.14. The van der Waals surface area contributed by atoms with Crippen LogP contribution in [0.2, 0.25) is 0 Å². The van der Waals surface area contributed by atoms with Crippen LogP contribution >= 0.6 is 0 Å². The van der Waals surface area contributed by atoms with Gasteiger partial charge in [-0.05, 0) is 32.1 Å². The van der Waals surface area contributed by atoms with Crippen LogP contribution in [0.25, 0.3) is 0 Å². The summed E-state index contributed by atoms with van der Waals surface area (Å²) in [7, 11) is 0. The molecule has 0 aliphatic heterocycles. The van der Waals surface area contributed by atoms with Gasteiger partial charge in [0.05, 0.1) is 13.1 Å². The van der Waals surface area contributed by atoms with Crippen LogP contribution in [-0.4, -0.2) is 4.57 Å². The Kier molecular flexibility index (Phi) is 21.1. The number of aromatic nitrogens is 2. The largest absolute Gasteiger partial charge is 0.256 e. The number of hydrogen-bond donors (Lipinski definition) is 0. The van der Waals surface area contributed by atoms with Crippen LogP contribution in [0, 0.1) is 0 Å². The van der Waals surface area contributed by atoms with Crippen molar-refractivity contribution < 1.29 is 4.57 Å². The van der Waals surface area contributed by atoms with E-state index in [0.717, 1.165) is 0 Å². The second-order valence-corrected chi connectivity index (χ2v) is 10.6. The van der Waals surface area contributed by atoms with E-state index >= 15 is 0 Å². The average Bonchev–Trinajstić information content (AvgIpc) is 3.20. The lowest BCUT2D eigenvalue weighted by atomic mass is 10.0. The quantitative estimate of drug-likeness (QED) is 0.101. The van der Waals surface area contributed by atoms with E-state index in [9.17, 15) is 0 Å². The highest BCUT2D eigenvalue weighted by molar-refractivity contribution is 4.84. The molecule has 2 nitrogen and oxygen atoms in total. The lowest BCUT2D eigenvalue weighted by molar-refractivity contribution is -0.704. The highest BCUT2D eigenvalue weighted by atomic mass is 15.1. The first-order valence-corrected chi connectivity index (χ1v) is 15.4. The molecule has 0 amide bonds. The van der Waals surface area contributed by atoms with Gasteiger partial charge >= 0.3 is 0 Å². The van der Waals surface area contributed by atoms with E-state index in [0.29, 0.717) is 0 Å². The molecule has 0 aliphatic rings. The van der Waals surface area contributed by atoms with Gasteiger partial charge in [0.25, 0.3) is 5.82 Å². The standard InChI is InChI=1S/C31H61N2/c1-4-7-10-11-12-13-14-15-16-17-18-19-20-21-22-23-26-31-32(27-24-8-5-2)29-30-33(31)28-25-9-6-3/h29-30H,4-28H2,1-3H3/q+1. The normalized spacial score (nSPS) is 11.5. The summed E-state index contributed by atoms with van der Waals surface area (Å²) in [5.41, 5.74) is 0. The molecule has 0 aromatic carbocycles. The van der Waals surface area contributed by atoms with Gasteiger partial charge in [0, 0.05) is 6.42 Å². The number of aryl methyl sites for hydroxylation is 2. The molecule has 0 saturated carbocycles. The van der Waals surface area contributed by atoms with Gasteiger partial charge < -0.3 is 0 Å². The number of unbranched alkanes of at least 4 members (excludes halogenated alkanes) is 19. The fourth-order valence-corrected chi connectivity index (χ4v) is 5.09. The Morgan fingerprint density at radius 1 is 0.515 bits per heavy atom. The predicted molar refractivity (Wildman–Crippen MR) is 147 cm³/mol. The molecular formula is C31H61N2+. The summed E-state index contributed by atoms with van der Waals surface area (Å²) >= 11 is 0. The van der Waals surface area contributed by atoms with Crippen LogP contribution in [0.5, 0.6) is 0 Å². The smallest absolute Gasteiger partial charge is 0.234 e. The molecule has 1 rings (SSSR count). The molecule has 194 valence electrons. The van der Waals surface area contributed by atoms with Crippen molar-refractivity contribution in [2.75, 3.05) is 0 Å². The van der Waals surface area contributed by atoms with Crippen molar-refractivity contribution >= 4 is 0 Å². The van der Waals surface area contributed by atoms with E-state index < -0.39 is 0 Å². The van der Waals surface area contributed by atoms with Gasteiger partial charge in [0.2, 0.25) is 0 Å². The Hall–Kier alpha value is -0.790. The lowest BCUT2D eigenvalue weighted by Crippen LogP contribution is -2.37. The van der Waals surface area contributed by atoms with Gasteiger partial charge in [0.15, 0.2) is 0 Å². The molecule has 33 heavy (non-hydrogen) atoms. The zero-order valence-corrected chi connectivity index (χ0v) is 23.2. The summed E-state index contributed by atoms with van der Waals surface area (Å²) in [5.74, 6) is 1.59. The van der Waals surface area contributed by atoms with Crippen LogP contribution in [0.4, 0.5) is 0 Å². The second-order valence-electron chi connectivity index (χ2n) is 10.6. The molecule has 0 atom stereocenters. The minimum absolute atomic E-state index is 1.21. The van der Waals surface area contributed by atoms with E-state index in [1.807, 2.05) is 0 Å². The number of rotatable bonds is 25. The Bertz CT molecular complexity index is 491. The zero-order chi connectivity index (χ0) is 23.8. The van der Waals surface area contributed by atoms with Gasteiger partial charge in [0.1, 0.15) is 12.4 Å². The molecule has 2 heteroatoms. The lowest BCUT2D eigenvalue weighted by Gasteiger charge is -2.06. The van der Waals surface area contributed by atoms with Crippen LogP contribution < -0.4 is 4.57 Å². The van der Waals surface area contributed by atoms with Crippen molar-refractivity contribution in [2.24, 2.45) is 0 Å². The summed E-state index contributed by atoms with van der Waals surface area (Å²) in [4.78, 5) is 0. The first-order chi connectivity index (χ1) is 16.3. The topological polar surface area (TPSA) is 8.81 Å². The number of hydrogen-bond acceptors (Lipinski definition) is 0. The van der Waals surface area contributed by atoms with Gasteiger partial charge in [-0.15, -0.1) is 0 Å². The Labute approximate surface area is 208 Å². The summed E-state index contributed by atoms with van der Waals surface area (Å²) < 4.78 is 5.12. The molecule has 0 spiro atoms. The van der Waals surface area contributed by atoms with Gasteiger partial charge in [-0.2, -0.15) is 0 Å². The molecule has 0 bridgehead atoms. The molecular weight excluding hydrogens is 400 g/mol. The Morgan fingerprint density at radius 2 is 0.939 bits per heavy atom. The summed E-state index contributed by atoms with van der Waals surface area (Å²) in [6.07, 6.45) is 37.1. The van der Waals surface area contributed by atoms with Crippen molar-refractivity contribution in [3.63, 3.8) is 0 Å². The fourth-order valence-electron chi connectivity index (χ4n) is 5.09. The fraction of sp³-hybridized carbons (Fsp3) is 0.903. The third kappa shape index (κ3) is 16.5. The number of imidazole rings is 1. The maximum Gasteiger partial charge on any atom is 0.256 e. The highest BCUT2D eigenvalue weighted by Gasteiger charge is 2.16. The molecule has 1 heterocycles. The van der Waals surface area contributed by atoms with Gasteiger partial charge in [-0.1, -0.05) is 130 Å². The third-order valence-corrected chi connectivity index (χ3v) is 7.35. The average molecular weight is 462 g/mol. The second kappa shape index (κ2) is 23.0. The van der Waals surface area contributed by atoms with Gasteiger partial charge in [-0.25, -0.2) is 9.13 Å². The van der Waals surface area contributed by atoms with Gasteiger partial charge in [-0.3, -0.25) is 0 Å². The van der Waals surface area contributed by atoms with Crippen molar-refractivity contribution in [1.82, 2.24) is 4.57 Å². The molecule has 0 saturated heterocycles. The molecule has 0 radical (unpaired) electrons. The Morgan fingerprint density at radius 3 is 1.45 bits per heavy atom. The number of nitrogens with zero attached hydrogens (tertiary/aromatic N) is 2. The van der Waals surface area contributed by atoms with Crippen molar-refractivity contribution in [2.45, 2.75) is 182 Å². The van der Waals surface area contributed by atoms with E-state index in [4.69, 9.17) is 0 Å². The Balaban J connectivity index is 2.07. The summed E-state index contributed by atoms with van der Waals surface area (Å²) in [5, 5.41) is 0. The van der Waals surface area contributed by atoms with E-state index in [-0.39, 0.29) is 0 Å². The molecule has 0 N–H and O–H groups in total. The zero-order valence-electron chi connectivity index (χ0n) is 23.2. The SMILES string of the molecule is CCCCCCCCCCCCCCCCCCc1n(CCCCC)cc[n+]1CCCCC. The molecule has 0 aliphatic carbocycles. The maximum atomic E-state index is 2.56. The van der Waals surface area contributed by atoms with Crippen LogP contribution in [0.1, 0.15) is 168 Å². The van der Waals surface area contributed by atoms with Crippen LogP contribution in [0.15, 0.2) is 12.4 Å². The van der Waals surface area contributed by atoms with E-state index in [2.05, 4.69) is 42.3 Å².